The molecule has 0 unspecified atom stereocenters. The van der Waals surface area contributed by atoms with Gasteiger partial charge in [-0.15, -0.1) is 0 Å². The van der Waals surface area contributed by atoms with Gasteiger partial charge in [0.25, 0.3) is 5.91 Å². The number of nitrogens with zero attached hydrogens (tertiary/aromatic N) is 2. The van der Waals surface area contributed by atoms with Crippen LogP contribution in [0.15, 0.2) is 54.7 Å². The quantitative estimate of drug-likeness (QED) is 0.502. The van der Waals surface area contributed by atoms with E-state index in [2.05, 4.69) is 10.3 Å². The number of anilines is 1. The van der Waals surface area contributed by atoms with Gasteiger partial charge >= 0.3 is 5.97 Å². The number of amides is 1. The van der Waals surface area contributed by atoms with Crippen molar-refractivity contribution < 1.29 is 14.3 Å². The molecule has 2 heterocycles. The zero-order chi connectivity index (χ0) is 21.1. The first-order valence-electron chi connectivity index (χ1n) is 9.90. The Morgan fingerprint density at radius 3 is 2.70 bits per heavy atom. The van der Waals surface area contributed by atoms with Gasteiger partial charge in [0.1, 0.15) is 5.75 Å². The average Bonchev–Trinajstić information content (AvgIpc) is 2.74. The molecule has 1 saturated heterocycles. The van der Waals surface area contributed by atoms with Gasteiger partial charge in [0.05, 0.1) is 11.2 Å². The molecule has 154 valence electrons. The summed E-state index contributed by atoms with van der Waals surface area (Å²) in [5, 5.41) is 4.81. The highest BCUT2D eigenvalue weighted by atomic mass is 35.5. The molecule has 30 heavy (non-hydrogen) atoms. The normalized spacial score (nSPS) is 14.5. The van der Waals surface area contributed by atoms with Gasteiger partial charge in [-0.1, -0.05) is 17.7 Å². The molecule has 0 atom stereocenters. The van der Waals surface area contributed by atoms with E-state index in [1.54, 1.807) is 36.5 Å². The summed E-state index contributed by atoms with van der Waals surface area (Å²) in [7, 11) is 0. The SMILES string of the molecule is CC(=O)Oc1cccc(C(=O)N(c2ccnc3cc(Cl)ccc23)C2CCNCC2)c1. The van der Waals surface area contributed by atoms with E-state index in [1.807, 2.05) is 23.1 Å². The Hall–Kier alpha value is -2.96. The Morgan fingerprint density at radius 2 is 1.93 bits per heavy atom. The lowest BCUT2D eigenvalue weighted by molar-refractivity contribution is -0.131. The molecule has 0 saturated carbocycles. The third-order valence-corrected chi connectivity index (χ3v) is 5.41. The molecule has 6 nitrogen and oxygen atoms in total. The second kappa shape index (κ2) is 8.81. The van der Waals surface area contributed by atoms with Crippen LogP contribution in [0.5, 0.6) is 5.75 Å². The maximum absolute atomic E-state index is 13.7. The molecule has 0 aliphatic carbocycles. The van der Waals surface area contributed by atoms with Crippen LogP contribution >= 0.6 is 11.6 Å². The maximum atomic E-state index is 13.7. The van der Waals surface area contributed by atoms with E-state index in [4.69, 9.17) is 16.3 Å². The van der Waals surface area contributed by atoms with Crippen LogP contribution in [0.25, 0.3) is 10.9 Å². The molecule has 1 N–H and O–H groups in total. The zero-order valence-corrected chi connectivity index (χ0v) is 17.4. The van der Waals surface area contributed by atoms with Crippen LogP contribution in [0.4, 0.5) is 5.69 Å². The van der Waals surface area contributed by atoms with Crippen LogP contribution in [-0.4, -0.2) is 36.0 Å². The van der Waals surface area contributed by atoms with Crippen molar-refractivity contribution in [3.05, 3.63) is 65.3 Å². The number of carbonyl (C=O) groups excluding carboxylic acids is 2. The Bertz CT molecular complexity index is 1100. The summed E-state index contributed by atoms with van der Waals surface area (Å²) in [5.74, 6) is -0.213. The van der Waals surface area contributed by atoms with E-state index >= 15 is 0 Å². The number of piperidine rings is 1. The molecule has 3 aromatic rings. The van der Waals surface area contributed by atoms with Crippen LogP contribution in [-0.2, 0) is 4.79 Å². The zero-order valence-electron chi connectivity index (χ0n) is 16.6. The van der Waals surface area contributed by atoms with E-state index in [-0.39, 0.29) is 11.9 Å². The third kappa shape index (κ3) is 4.30. The van der Waals surface area contributed by atoms with Crippen molar-refractivity contribution in [1.29, 1.82) is 0 Å². The van der Waals surface area contributed by atoms with Crippen LogP contribution in [0.1, 0.15) is 30.1 Å². The molecule has 1 aromatic heterocycles. The third-order valence-electron chi connectivity index (χ3n) is 5.18. The number of halogens is 1. The number of fused-ring (bicyclic) bond motifs is 1. The van der Waals surface area contributed by atoms with E-state index in [1.165, 1.54) is 6.92 Å². The van der Waals surface area contributed by atoms with Crippen molar-refractivity contribution in [2.24, 2.45) is 0 Å². The van der Waals surface area contributed by atoms with Crippen molar-refractivity contribution in [1.82, 2.24) is 10.3 Å². The highest BCUT2D eigenvalue weighted by molar-refractivity contribution is 6.31. The van der Waals surface area contributed by atoms with Gasteiger partial charge in [-0.25, -0.2) is 0 Å². The second-order valence-corrected chi connectivity index (χ2v) is 7.71. The van der Waals surface area contributed by atoms with Gasteiger partial charge in [0, 0.05) is 35.1 Å². The lowest BCUT2D eigenvalue weighted by Gasteiger charge is -2.35. The van der Waals surface area contributed by atoms with Gasteiger partial charge < -0.3 is 15.0 Å². The molecule has 0 radical (unpaired) electrons. The molecule has 7 heteroatoms. The number of aromatic nitrogens is 1. The molecular weight excluding hydrogens is 402 g/mol. The van der Waals surface area contributed by atoms with Gasteiger partial charge in [0.15, 0.2) is 0 Å². The first kappa shape index (κ1) is 20.3. The highest BCUT2D eigenvalue weighted by Gasteiger charge is 2.29. The summed E-state index contributed by atoms with van der Waals surface area (Å²) in [4.78, 5) is 31.3. The molecular formula is C23H22ClN3O3. The highest BCUT2D eigenvalue weighted by Crippen LogP contribution is 2.32. The summed E-state index contributed by atoms with van der Waals surface area (Å²) in [6.45, 7) is 3.03. The fraction of sp³-hybridized carbons (Fsp3) is 0.261. The summed E-state index contributed by atoms with van der Waals surface area (Å²) >= 11 is 6.15. The average molecular weight is 424 g/mol. The van der Waals surface area contributed by atoms with Crippen molar-refractivity contribution in [3.8, 4) is 5.75 Å². The molecule has 1 fully saturated rings. The molecule has 1 amide bonds. The topological polar surface area (TPSA) is 71.5 Å². The first-order chi connectivity index (χ1) is 14.5. The maximum Gasteiger partial charge on any atom is 0.308 e. The van der Waals surface area contributed by atoms with E-state index in [9.17, 15) is 9.59 Å². The lowest BCUT2D eigenvalue weighted by Crippen LogP contribution is -2.46. The number of carbonyl (C=O) groups is 2. The predicted octanol–water partition coefficient (Wildman–Crippen LogP) is 4.21. The largest absolute Gasteiger partial charge is 0.427 e. The van der Waals surface area contributed by atoms with Gasteiger partial charge in [-0.3, -0.25) is 14.6 Å². The summed E-state index contributed by atoms with van der Waals surface area (Å²) in [5.41, 5.74) is 2.00. The van der Waals surface area contributed by atoms with Crippen molar-refractivity contribution in [2.45, 2.75) is 25.8 Å². The number of ether oxygens (including phenoxy) is 1. The fourth-order valence-electron chi connectivity index (χ4n) is 3.85. The number of hydrogen-bond acceptors (Lipinski definition) is 5. The predicted molar refractivity (Wildman–Crippen MR) is 117 cm³/mol. The smallest absolute Gasteiger partial charge is 0.308 e. The Balaban J connectivity index is 1.80. The van der Waals surface area contributed by atoms with Crippen LogP contribution in [0.3, 0.4) is 0 Å². The Morgan fingerprint density at radius 1 is 1.13 bits per heavy atom. The fourth-order valence-corrected chi connectivity index (χ4v) is 4.02. The summed E-state index contributed by atoms with van der Waals surface area (Å²) < 4.78 is 5.18. The molecule has 4 rings (SSSR count). The van der Waals surface area contributed by atoms with Gasteiger partial charge in [-0.05, 0) is 68.4 Å². The molecule has 2 aromatic carbocycles. The number of rotatable bonds is 4. The number of pyridine rings is 1. The van der Waals surface area contributed by atoms with E-state index < -0.39 is 5.97 Å². The molecule has 0 bridgehead atoms. The van der Waals surface area contributed by atoms with Crippen LogP contribution in [0.2, 0.25) is 5.02 Å². The standard InChI is InChI=1S/C23H22ClN3O3/c1-15(28)30-19-4-2-3-16(13-19)23(29)27(18-7-10-25-11-8-18)22-9-12-26-21-14-17(24)5-6-20(21)22/h2-6,9,12-14,18,25H,7-8,10-11H2,1H3. The Kier molecular flexibility index (Phi) is 5.97. The van der Waals surface area contributed by atoms with E-state index in [0.717, 1.165) is 42.5 Å². The summed E-state index contributed by atoms with van der Waals surface area (Å²) in [6, 6.07) is 14.1. The number of hydrogen-bond donors (Lipinski definition) is 1. The van der Waals surface area contributed by atoms with Crippen molar-refractivity contribution in [3.63, 3.8) is 0 Å². The minimum absolute atomic E-state index is 0.0393. The van der Waals surface area contributed by atoms with Crippen molar-refractivity contribution in [2.75, 3.05) is 18.0 Å². The molecule has 1 aliphatic heterocycles. The Labute approximate surface area is 179 Å². The monoisotopic (exact) mass is 423 g/mol. The van der Waals surface area contributed by atoms with Crippen molar-refractivity contribution >= 4 is 40.1 Å². The molecule has 0 spiro atoms. The van der Waals surface area contributed by atoms with Gasteiger partial charge in [0.2, 0.25) is 0 Å². The number of esters is 1. The van der Waals surface area contributed by atoms with Gasteiger partial charge in [-0.2, -0.15) is 0 Å². The first-order valence-corrected chi connectivity index (χ1v) is 10.3. The molecule has 1 aliphatic rings. The van der Waals surface area contributed by atoms with Crippen LogP contribution < -0.4 is 15.0 Å². The van der Waals surface area contributed by atoms with Crippen LogP contribution in [0, 0.1) is 0 Å². The summed E-state index contributed by atoms with van der Waals surface area (Å²) in [6.07, 6.45) is 3.38. The lowest BCUT2D eigenvalue weighted by atomic mass is 10.0. The van der Waals surface area contributed by atoms with E-state index in [0.29, 0.717) is 16.3 Å². The minimum Gasteiger partial charge on any atom is -0.427 e. The number of benzene rings is 2. The minimum atomic E-state index is -0.424. The number of nitrogens with one attached hydrogen (secondary N) is 1. The second-order valence-electron chi connectivity index (χ2n) is 7.27.